The number of hydrogen-bond donors (Lipinski definition) is 3. The molecule has 5 N–H and O–H groups in total. The Hall–Kier alpha value is -2.88. The van der Waals surface area contributed by atoms with Crippen molar-refractivity contribution in [2.75, 3.05) is 12.3 Å². The number of aliphatic carboxylic acids is 1. The number of halogens is 3. The zero-order valence-electron chi connectivity index (χ0n) is 13.5. The van der Waals surface area contributed by atoms with Gasteiger partial charge in [-0.1, -0.05) is 12.1 Å². The quantitative estimate of drug-likeness (QED) is 0.736. The number of benzene rings is 1. The number of nitrogens with zero attached hydrogens (tertiary/aromatic N) is 2. The van der Waals surface area contributed by atoms with Gasteiger partial charge in [0.2, 0.25) is 5.91 Å². The Bertz CT molecular complexity index is 826. The number of anilines is 1. The van der Waals surface area contributed by atoms with Crippen LogP contribution in [0.2, 0.25) is 0 Å². The number of carboxylic acids is 1. The largest absolute Gasteiger partial charge is 0.490 e. The average Bonchev–Trinajstić information content (AvgIpc) is 2.87. The van der Waals surface area contributed by atoms with E-state index in [4.69, 9.17) is 21.4 Å². The van der Waals surface area contributed by atoms with Crippen molar-refractivity contribution in [2.24, 2.45) is 5.73 Å². The van der Waals surface area contributed by atoms with Crippen LogP contribution in [0.4, 0.5) is 18.9 Å². The van der Waals surface area contributed by atoms with Gasteiger partial charge in [-0.15, -0.1) is 0 Å². The van der Waals surface area contributed by atoms with Crippen LogP contribution in [0.1, 0.15) is 12.0 Å². The number of nitrogens with two attached hydrogens (primary N) is 2. The fraction of sp³-hybridized carbons (Fsp3) is 0.312. The van der Waals surface area contributed by atoms with Gasteiger partial charge in [-0.3, -0.25) is 9.78 Å². The summed E-state index contributed by atoms with van der Waals surface area (Å²) in [6, 6.07) is 7.35. The number of pyridine rings is 1. The first kappa shape index (κ1) is 19.4. The first-order chi connectivity index (χ1) is 12.1. The second-order valence-corrected chi connectivity index (χ2v) is 5.71. The molecule has 1 aromatic carbocycles. The SMILES string of the molecule is Nc1ccnc2cc(CN3CC[C@H](N)C3=O)ccc12.O=C(O)C(F)(F)F. The molecule has 0 saturated carbocycles. The van der Waals surface area contributed by atoms with Gasteiger partial charge in [0, 0.05) is 30.4 Å². The van der Waals surface area contributed by atoms with Crippen molar-refractivity contribution in [1.82, 2.24) is 9.88 Å². The lowest BCUT2D eigenvalue weighted by molar-refractivity contribution is -0.192. The highest BCUT2D eigenvalue weighted by atomic mass is 19.4. The molecule has 1 aliphatic heterocycles. The van der Waals surface area contributed by atoms with E-state index >= 15 is 0 Å². The van der Waals surface area contributed by atoms with E-state index in [1.54, 1.807) is 17.2 Å². The molecule has 2 aromatic rings. The van der Waals surface area contributed by atoms with Gasteiger partial charge in [-0.05, 0) is 24.1 Å². The summed E-state index contributed by atoms with van der Waals surface area (Å²) in [6.45, 7) is 1.31. The molecule has 1 aromatic heterocycles. The van der Waals surface area contributed by atoms with E-state index in [0.29, 0.717) is 6.54 Å². The number of carbonyl (C=O) groups is 2. The monoisotopic (exact) mass is 370 g/mol. The molecular formula is C16H17F3N4O3. The van der Waals surface area contributed by atoms with Crippen LogP contribution in [0, 0.1) is 0 Å². The standard InChI is InChI=1S/C14H16N4O.C2HF3O2/c15-11-3-5-17-13-7-9(1-2-10(11)13)8-18-6-4-12(16)14(18)19;3-2(4,5)1(6)7/h1-3,5,7,12H,4,6,8,16H2,(H2,15,17);(H,6,7)/t12-;/m0./s1. The average molecular weight is 370 g/mol. The van der Waals surface area contributed by atoms with Gasteiger partial charge in [-0.25, -0.2) is 4.79 Å². The molecule has 0 aliphatic carbocycles. The molecular weight excluding hydrogens is 353 g/mol. The molecule has 7 nitrogen and oxygen atoms in total. The fourth-order valence-electron chi connectivity index (χ4n) is 2.45. The smallest absolute Gasteiger partial charge is 0.475 e. The Morgan fingerprint density at radius 1 is 1.35 bits per heavy atom. The maximum absolute atomic E-state index is 11.8. The van der Waals surface area contributed by atoms with Gasteiger partial charge in [-0.2, -0.15) is 13.2 Å². The first-order valence-electron chi connectivity index (χ1n) is 7.57. The summed E-state index contributed by atoms with van der Waals surface area (Å²) in [4.78, 5) is 26.8. The number of nitrogen functional groups attached to an aromatic ring is 1. The van der Waals surface area contributed by atoms with Gasteiger partial charge in [0.15, 0.2) is 0 Å². The van der Waals surface area contributed by atoms with Crippen molar-refractivity contribution < 1.29 is 27.9 Å². The number of likely N-dealkylation sites (tertiary alicyclic amines) is 1. The van der Waals surface area contributed by atoms with Crippen LogP contribution in [0.5, 0.6) is 0 Å². The third-order valence-corrected chi connectivity index (χ3v) is 3.80. The highest BCUT2D eigenvalue weighted by molar-refractivity contribution is 5.90. The van der Waals surface area contributed by atoms with E-state index in [1.807, 2.05) is 18.2 Å². The van der Waals surface area contributed by atoms with Gasteiger partial charge >= 0.3 is 12.1 Å². The molecule has 1 aliphatic rings. The maximum Gasteiger partial charge on any atom is 0.490 e. The van der Waals surface area contributed by atoms with Crippen LogP contribution in [0.3, 0.4) is 0 Å². The van der Waals surface area contributed by atoms with Gasteiger partial charge < -0.3 is 21.5 Å². The molecule has 0 bridgehead atoms. The topological polar surface area (TPSA) is 123 Å². The molecule has 26 heavy (non-hydrogen) atoms. The van der Waals surface area contributed by atoms with Crippen molar-refractivity contribution in [3.63, 3.8) is 0 Å². The Labute approximate surface area is 146 Å². The molecule has 1 amide bonds. The maximum atomic E-state index is 11.8. The number of alkyl halides is 3. The number of fused-ring (bicyclic) bond motifs is 1. The van der Waals surface area contributed by atoms with E-state index in [0.717, 1.165) is 35.1 Å². The van der Waals surface area contributed by atoms with Crippen LogP contribution < -0.4 is 11.5 Å². The summed E-state index contributed by atoms with van der Waals surface area (Å²) in [5, 5.41) is 8.07. The molecule has 10 heteroatoms. The minimum absolute atomic E-state index is 0.0284. The van der Waals surface area contributed by atoms with Crippen molar-refractivity contribution in [2.45, 2.75) is 25.2 Å². The molecule has 0 unspecified atom stereocenters. The molecule has 0 spiro atoms. The lowest BCUT2D eigenvalue weighted by atomic mass is 10.1. The fourth-order valence-corrected chi connectivity index (χ4v) is 2.45. The van der Waals surface area contributed by atoms with Crippen molar-refractivity contribution >= 4 is 28.5 Å². The molecule has 0 radical (unpaired) electrons. The summed E-state index contributed by atoms with van der Waals surface area (Å²) in [6.07, 6.45) is -2.66. The number of aromatic nitrogens is 1. The Morgan fingerprint density at radius 3 is 2.54 bits per heavy atom. The zero-order chi connectivity index (χ0) is 19.5. The van der Waals surface area contributed by atoms with E-state index in [-0.39, 0.29) is 11.9 Å². The van der Waals surface area contributed by atoms with Crippen molar-refractivity contribution in [3.8, 4) is 0 Å². The summed E-state index contributed by atoms with van der Waals surface area (Å²) < 4.78 is 31.7. The number of amides is 1. The van der Waals surface area contributed by atoms with Crippen LogP contribution >= 0.6 is 0 Å². The molecule has 1 fully saturated rings. The van der Waals surface area contributed by atoms with Crippen LogP contribution in [0.25, 0.3) is 10.9 Å². The van der Waals surface area contributed by atoms with E-state index in [2.05, 4.69) is 4.98 Å². The normalized spacial score (nSPS) is 17.2. The minimum Gasteiger partial charge on any atom is -0.475 e. The second-order valence-electron chi connectivity index (χ2n) is 5.71. The Kier molecular flexibility index (Phi) is 5.66. The van der Waals surface area contributed by atoms with Crippen LogP contribution in [0.15, 0.2) is 30.5 Å². The summed E-state index contributed by atoms with van der Waals surface area (Å²) in [5.41, 5.74) is 14.2. The van der Waals surface area contributed by atoms with Crippen molar-refractivity contribution in [3.05, 3.63) is 36.0 Å². The molecule has 140 valence electrons. The van der Waals surface area contributed by atoms with E-state index in [1.165, 1.54) is 0 Å². The minimum atomic E-state index is -5.08. The first-order valence-corrected chi connectivity index (χ1v) is 7.57. The van der Waals surface area contributed by atoms with Gasteiger partial charge in [0.1, 0.15) is 0 Å². The third kappa shape index (κ3) is 4.60. The van der Waals surface area contributed by atoms with E-state index < -0.39 is 12.1 Å². The molecule has 1 saturated heterocycles. The molecule has 2 heterocycles. The summed E-state index contributed by atoms with van der Waals surface area (Å²) in [7, 11) is 0. The summed E-state index contributed by atoms with van der Waals surface area (Å²) >= 11 is 0. The Balaban J connectivity index is 0.000000298. The van der Waals surface area contributed by atoms with Crippen LogP contribution in [-0.2, 0) is 16.1 Å². The predicted molar refractivity (Wildman–Crippen MR) is 87.9 cm³/mol. The Morgan fingerprint density at radius 2 is 2.00 bits per heavy atom. The number of carboxylic acid groups (broad SMARTS) is 1. The predicted octanol–water partition coefficient (Wildman–Crippen LogP) is 1.51. The van der Waals surface area contributed by atoms with Gasteiger partial charge in [0.25, 0.3) is 0 Å². The number of rotatable bonds is 2. The number of hydrogen-bond acceptors (Lipinski definition) is 5. The number of carbonyl (C=O) groups excluding carboxylic acids is 1. The lowest BCUT2D eigenvalue weighted by Crippen LogP contribution is -2.33. The highest BCUT2D eigenvalue weighted by Crippen LogP contribution is 2.21. The van der Waals surface area contributed by atoms with E-state index in [9.17, 15) is 18.0 Å². The molecule has 3 rings (SSSR count). The second kappa shape index (κ2) is 7.56. The van der Waals surface area contributed by atoms with Crippen molar-refractivity contribution in [1.29, 1.82) is 0 Å². The van der Waals surface area contributed by atoms with Gasteiger partial charge in [0.05, 0.1) is 11.6 Å². The highest BCUT2D eigenvalue weighted by Gasteiger charge is 2.38. The zero-order valence-corrected chi connectivity index (χ0v) is 13.5. The van der Waals surface area contributed by atoms with Crippen LogP contribution in [-0.4, -0.2) is 45.6 Å². The molecule has 1 atom stereocenters. The summed E-state index contributed by atoms with van der Waals surface area (Å²) in [5.74, 6) is -2.73. The third-order valence-electron chi connectivity index (χ3n) is 3.80. The lowest BCUT2D eigenvalue weighted by Gasteiger charge is -2.16.